The highest BCUT2D eigenvalue weighted by atomic mass is 15.0. The van der Waals surface area contributed by atoms with E-state index in [0.717, 1.165) is 11.4 Å². The Labute approximate surface area is 302 Å². The van der Waals surface area contributed by atoms with Crippen molar-refractivity contribution in [2.75, 3.05) is 0 Å². The van der Waals surface area contributed by atoms with Crippen LogP contribution in [0.1, 0.15) is 11.1 Å². The molecule has 0 atom stereocenters. The van der Waals surface area contributed by atoms with Crippen molar-refractivity contribution in [3.05, 3.63) is 205 Å². The second-order valence-corrected chi connectivity index (χ2v) is 13.4. The molecule has 10 rings (SSSR count). The summed E-state index contributed by atoms with van der Waals surface area (Å²) in [5.41, 5.74) is 14.3. The van der Waals surface area contributed by atoms with Crippen molar-refractivity contribution in [2.45, 2.75) is 0 Å². The molecular formula is C50H34N2. The Kier molecular flexibility index (Phi) is 7.18. The van der Waals surface area contributed by atoms with Crippen LogP contribution in [0.15, 0.2) is 194 Å². The van der Waals surface area contributed by atoms with E-state index in [1.54, 1.807) is 0 Å². The molecule has 0 radical (unpaired) electrons. The third-order valence-electron chi connectivity index (χ3n) is 10.3. The van der Waals surface area contributed by atoms with E-state index in [1.807, 2.05) is 0 Å². The zero-order chi connectivity index (χ0) is 34.4. The van der Waals surface area contributed by atoms with E-state index in [1.165, 1.54) is 77.0 Å². The van der Waals surface area contributed by atoms with Gasteiger partial charge in [0.1, 0.15) is 0 Å². The van der Waals surface area contributed by atoms with Crippen LogP contribution < -0.4 is 0 Å². The third kappa shape index (κ3) is 5.12. The summed E-state index contributed by atoms with van der Waals surface area (Å²) >= 11 is 0. The second kappa shape index (κ2) is 12.5. The van der Waals surface area contributed by atoms with Crippen molar-refractivity contribution in [3.8, 4) is 33.6 Å². The van der Waals surface area contributed by atoms with Gasteiger partial charge in [0.2, 0.25) is 0 Å². The molecule has 8 aromatic carbocycles. The van der Waals surface area contributed by atoms with Crippen LogP contribution in [0.2, 0.25) is 0 Å². The first-order valence-electron chi connectivity index (χ1n) is 17.8. The quantitative estimate of drug-likeness (QED) is 0.157. The first kappa shape index (κ1) is 30.0. The van der Waals surface area contributed by atoms with Crippen molar-refractivity contribution in [1.29, 1.82) is 0 Å². The Balaban J connectivity index is 0.957. The highest BCUT2D eigenvalue weighted by molar-refractivity contribution is 6.10. The molecule has 2 heterocycles. The fourth-order valence-corrected chi connectivity index (χ4v) is 7.89. The lowest BCUT2D eigenvalue weighted by atomic mass is 10.0. The van der Waals surface area contributed by atoms with Gasteiger partial charge in [0.25, 0.3) is 0 Å². The minimum Gasteiger partial charge on any atom is -0.309 e. The molecule has 0 N–H and O–H groups in total. The van der Waals surface area contributed by atoms with Crippen LogP contribution in [-0.4, -0.2) is 9.13 Å². The predicted octanol–water partition coefficient (Wildman–Crippen LogP) is 13.4. The van der Waals surface area contributed by atoms with Crippen LogP contribution in [0.25, 0.3) is 89.4 Å². The van der Waals surface area contributed by atoms with Gasteiger partial charge in [-0.25, -0.2) is 0 Å². The average Bonchev–Trinajstić information content (AvgIpc) is 3.74. The molecule has 244 valence electrons. The van der Waals surface area contributed by atoms with Crippen molar-refractivity contribution in [3.63, 3.8) is 0 Å². The number of aromatic nitrogens is 2. The average molecular weight is 663 g/mol. The molecule has 0 saturated heterocycles. The fourth-order valence-electron chi connectivity index (χ4n) is 7.89. The minimum atomic E-state index is 1.16. The molecule has 2 heteroatoms. The first-order chi connectivity index (χ1) is 25.8. The van der Waals surface area contributed by atoms with Crippen LogP contribution in [0, 0.1) is 0 Å². The maximum absolute atomic E-state index is 2.38. The second-order valence-electron chi connectivity index (χ2n) is 13.4. The number of hydrogen-bond donors (Lipinski definition) is 0. The normalized spacial score (nSPS) is 11.8. The van der Waals surface area contributed by atoms with E-state index in [4.69, 9.17) is 0 Å². The van der Waals surface area contributed by atoms with Crippen molar-refractivity contribution >= 4 is 55.8 Å². The first-order valence-corrected chi connectivity index (χ1v) is 17.8. The summed E-state index contributed by atoms with van der Waals surface area (Å²) in [5.74, 6) is 0. The van der Waals surface area contributed by atoms with Crippen LogP contribution in [0.5, 0.6) is 0 Å². The molecule has 0 aliphatic heterocycles. The van der Waals surface area contributed by atoms with Gasteiger partial charge in [-0.15, -0.1) is 0 Å². The highest BCUT2D eigenvalue weighted by Gasteiger charge is 2.13. The lowest BCUT2D eigenvalue weighted by molar-refractivity contribution is 1.18. The molecule has 0 fully saturated rings. The predicted molar refractivity (Wildman–Crippen MR) is 221 cm³/mol. The van der Waals surface area contributed by atoms with Crippen molar-refractivity contribution in [2.24, 2.45) is 0 Å². The van der Waals surface area contributed by atoms with E-state index in [0.29, 0.717) is 0 Å². The number of hydrogen-bond acceptors (Lipinski definition) is 0. The topological polar surface area (TPSA) is 9.86 Å². The Bertz CT molecular complexity index is 2660. The van der Waals surface area contributed by atoms with E-state index >= 15 is 0 Å². The van der Waals surface area contributed by atoms with Gasteiger partial charge in [0.05, 0.1) is 22.1 Å². The number of benzene rings is 8. The van der Waals surface area contributed by atoms with Crippen LogP contribution in [0.4, 0.5) is 0 Å². The molecule has 0 spiro atoms. The molecule has 0 unspecified atom stereocenters. The fraction of sp³-hybridized carbons (Fsp3) is 0. The van der Waals surface area contributed by atoms with Crippen LogP contribution in [-0.2, 0) is 0 Å². The molecule has 2 nitrogen and oxygen atoms in total. The molecule has 52 heavy (non-hydrogen) atoms. The monoisotopic (exact) mass is 662 g/mol. The third-order valence-corrected chi connectivity index (χ3v) is 10.3. The van der Waals surface area contributed by atoms with E-state index in [-0.39, 0.29) is 0 Å². The van der Waals surface area contributed by atoms with Gasteiger partial charge < -0.3 is 9.13 Å². The molecule has 2 aromatic heterocycles. The van der Waals surface area contributed by atoms with Gasteiger partial charge in [-0.3, -0.25) is 0 Å². The van der Waals surface area contributed by atoms with Gasteiger partial charge in [-0.2, -0.15) is 0 Å². The number of rotatable bonds is 6. The molecule has 0 aliphatic carbocycles. The van der Waals surface area contributed by atoms with Crippen molar-refractivity contribution in [1.82, 2.24) is 9.13 Å². The van der Waals surface area contributed by atoms with E-state index < -0.39 is 0 Å². The minimum absolute atomic E-state index is 1.16. The Morgan fingerprint density at radius 3 is 0.942 bits per heavy atom. The van der Waals surface area contributed by atoms with Gasteiger partial charge in [-0.1, -0.05) is 146 Å². The maximum atomic E-state index is 2.38. The van der Waals surface area contributed by atoms with Gasteiger partial charge >= 0.3 is 0 Å². The smallest absolute Gasteiger partial charge is 0.0541 e. The summed E-state index contributed by atoms with van der Waals surface area (Å²) in [6, 6.07) is 70.1. The lowest BCUT2D eigenvalue weighted by Crippen LogP contribution is -1.94. The van der Waals surface area contributed by atoms with Crippen molar-refractivity contribution < 1.29 is 0 Å². The largest absolute Gasteiger partial charge is 0.309 e. The lowest BCUT2D eigenvalue weighted by Gasteiger charge is -2.11. The number of fused-ring (bicyclic) bond motifs is 6. The Morgan fingerprint density at radius 2 is 0.577 bits per heavy atom. The SMILES string of the molecule is C(=Cc1cccc(-c2cccc(-n3c4ccccc4c4ccccc43)c2)c1)c1cccc(-c2cccc(-n3c4ccccc4c4ccccc43)c2)c1. The standard InChI is InChI=1S/C50H34N2/c1-5-25-47-43(21-1)44-22-2-6-26-48(44)51(47)41-19-11-17-39(33-41)37-15-9-13-35(31-37)29-30-36-14-10-16-38(32-36)40-18-12-20-42(34-40)52-49-27-7-3-23-45(49)46-24-4-8-28-50(46)52/h1-34H. The molecule has 0 amide bonds. The zero-order valence-electron chi connectivity index (χ0n) is 28.5. The Morgan fingerprint density at radius 1 is 0.269 bits per heavy atom. The number of para-hydroxylation sites is 4. The van der Waals surface area contributed by atoms with Gasteiger partial charge in [0.15, 0.2) is 0 Å². The molecule has 10 aromatic rings. The summed E-state index contributed by atoms with van der Waals surface area (Å²) in [6.07, 6.45) is 4.43. The molecule has 0 bridgehead atoms. The van der Waals surface area contributed by atoms with Gasteiger partial charge in [0, 0.05) is 32.9 Å². The van der Waals surface area contributed by atoms with E-state index in [2.05, 4.69) is 215 Å². The molecule has 0 saturated carbocycles. The maximum Gasteiger partial charge on any atom is 0.0541 e. The molecule has 0 aliphatic rings. The van der Waals surface area contributed by atoms with Crippen LogP contribution >= 0.6 is 0 Å². The van der Waals surface area contributed by atoms with Gasteiger partial charge in [-0.05, 0) is 94.0 Å². The Hall–Kier alpha value is -6.90. The molecular weight excluding hydrogens is 629 g/mol. The highest BCUT2D eigenvalue weighted by Crippen LogP contribution is 2.35. The zero-order valence-corrected chi connectivity index (χ0v) is 28.5. The summed E-state index contributed by atoms with van der Waals surface area (Å²) in [6.45, 7) is 0. The summed E-state index contributed by atoms with van der Waals surface area (Å²) in [7, 11) is 0. The van der Waals surface area contributed by atoms with Crippen LogP contribution in [0.3, 0.4) is 0 Å². The summed E-state index contributed by atoms with van der Waals surface area (Å²) in [5, 5.41) is 5.09. The summed E-state index contributed by atoms with van der Waals surface area (Å²) < 4.78 is 4.76. The number of nitrogens with zero attached hydrogens (tertiary/aromatic N) is 2. The summed E-state index contributed by atoms with van der Waals surface area (Å²) in [4.78, 5) is 0. The van der Waals surface area contributed by atoms with E-state index in [9.17, 15) is 0 Å².